The summed E-state index contributed by atoms with van der Waals surface area (Å²) in [6.07, 6.45) is 1.29. The van der Waals surface area contributed by atoms with Crippen LogP contribution in [0.5, 0.6) is 0 Å². The number of carbonyl (C=O) groups excluding carboxylic acids is 2. The number of carbonyl (C=O) groups is 2. The van der Waals surface area contributed by atoms with Crippen LogP contribution in [0.3, 0.4) is 0 Å². The molecule has 0 fully saturated rings. The van der Waals surface area contributed by atoms with E-state index in [1.807, 2.05) is 61.5 Å². The van der Waals surface area contributed by atoms with Crippen molar-refractivity contribution in [3.05, 3.63) is 65.2 Å². The number of halogens is 1. The van der Waals surface area contributed by atoms with E-state index in [0.29, 0.717) is 36.9 Å². The molecule has 0 aliphatic carbocycles. The van der Waals surface area contributed by atoms with E-state index >= 15 is 0 Å². The number of hydrogen-bond acceptors (Lipinski definition) is 3. The second-order valence-electron chi connectivity index (χ2n) is 7.63. The lowest BCUT2D eigenvalue weighted by Crippen LogP contribution is -2.51. The monoisotopic (exact) mass is 446 g/mol. The predicted octanol–water partition coefficient (Wildman–Crippen LogP) is 5.05. The van der Waals surface area contributed by atoms with E-state index in [4.69, 9.17) is 11.6 Å². The minimum absolute atomic E-state index is 0.0302. The molecule has 1 N–H and O–H groups in total. The molecule has 0 spiro atoms. The number of hydrogen-bond donors (Lipinski definition) is 1. The Kier molecular flexibility index (Phi) is 10.2. The molecule has 1 atom stereocenters. The number of amides is 2. The molecule has 0 heterocycles. The maximum atomic E-state index is 13.1. The highest BCUT2D eigenvalue weighted by molar-refractivity contribution is 8.00. The summed E-state index contributed by atoms with van der Waals surface area (Å²) in [6.45, 7) is 7.19. The van der Waals surface area contributed by atoms with Crippen molar-refractivity contribution in [2.24, 2.45) is 5.92 Å². The lowest BCUT2D eigenvalue weighted by molar-refractivity contribution is -0.138. The van der Waals surface area contributed by atoms with E-state index < -0.39 is 6.04 Å². The van der Waals surface area contributed by atoms with Gasteiger partial charge in [-0.1, -0.05) is 62.7 Å². The van der Waals surface area contributed by atoms with E-state index in [1.54, 1.807) is 4.90 Å². The molecule has 6 heteroatoms. The number of rotatable bonds is 11. The van der Waals surface area contributed by atoms with Crippen molar-refractivity contribution < 1.29 is 9.59 Å². The summed E-state index contributed by atoms with van der Waals surface area (Å²) in [5, 5.41) is 3.66. The minimum Gasteiger partial charge on any atom is -0.354 e. The van der Waals surface area contributed by atoms with Crippen molar-refractivity contribution in [3.8, 4) is 0 Å². The fraction of sp³-hybridized carbons (Fsp3) is 0.417. The van der Waals surface area contributed by atoms with Gasteiger partial charge >= 0.3 is 0 Å². The molecule has 162 valence electrons. The average Bonchev–Trinajstić information content (AvgIpc) is 2.75. The quantitative estimate of drug-likeness (QED) is 0.491. The maximum absolute atomic E-state index is 13.1. The fourth-order valence-corrected chi connectivity index (χ4v) is 3.99. The van der Waals surface area contributed by atoms with Crippen LogP contribution in [0.25, 0.3) is 0 Å². The van der Waals surface area contributed by atoms with Gasteiger partial charge in [-0.25, -0.2) is 0 Å². The van der Waals surface area contributed by atoms with E-state index in [-0.39, 0.29) is 17.6 Å². The Morgan fingerprint density at radius 2 is 1.73 bits per heavy atom. The van der Waals surface area contributed by atoms with Crippen molar-refractivity contribution in [2.45, 2.75) is 44.6 Å². The Balaban J connectivity index is 2.09. The third kappa shape index (κ3) is 8.04. The van der Waals surface area contributed by atoms with Gasteiger partial charge in [0, 0.05) is 23.0 Å². The first-order valence-corrected chi connectivity index (χ1v) is 11.8. The molecule has 0 saturated carbocycles. The van der Waals surface area contributed by atoms with E-state index in [1.165, 1.54) is 11.8 Å². The zero-order chi connectivity index (χ0) is 21.9. The maximum Gasteiger partial charge on any atom is 0.242 e. The van der Waals surface area contributed by atoms with Gasteiger partial charge < -0.3 is 10.2 Å². The Bertz CT molecular complexity index is 797. The van der Waals surface area contributed by atoms with Gasteiger partial charge in [-0.3, -0.25) is 9.59 Å². The topological polar surface area (TPSA) is 49.4 Å². The van der Waals surface area contributed by atoms with Crippen LogP contribution < -0.4 is 5.32 Å². The lowest BCUT2D eigenvalue weighted by atomic mass is 10.1. The fourth-order valence-electron chi connectivity index (χ4n) is 3.08. The zero-order valence-electron chi connectivity index (χ0n) is 17.9. The smallest absolute Gasteiger partial charge is 0.242 e. The molecular weight excluding hydrogens is 416 g/mol. The second kappa shape index (κ2) is 12.7. The van der Waals surface area contributed by atoms with Gasteiger partial charge in [0.1, 0.15) is 6.04 Å². The van der Waals surface area contributed by atoms with Gasteiger partial charge in [0.25, 0.3) is 0 Å². The molecule has 2 aromatic rings. The van der Waals surface area contributed by atoms with Crippen molar-refractivity contribution in [3.63, 3.8) is 0 Å². The van der Waals surface area contributed by atoms with Gasteiger partial charge in [0.15, 0.2) is 0 Å². The predicted molar refractivity (Wildman–Crippen MR) is 126 cm³/mol. The SMILES string of the molecule is CC[C@H](C(=O)NCC(C)C)N(CCc1ccccc1)C(=O)CSc1ccc(Cl)cc1. The summed E-state index contributed by atoms with van der Waals surface area (Å²) in [4.78, 5) is 28.7. The van der Waals surface area contributed by atoms with E-state index in [0.717, 1.165) is 10.5 Å². The molecule has 0 aliphatic rings. The highest BCUT2D eigenvalue weighted by atomic mass is 35.5. The summed E-state index contributed by atoms with van der Waals surface area (Å²) in [6, 6.07) is 17.0. The zero-order valence-corrected chi connectivity index (χ0v) is 19.5. The first kappa shape index (κ1) is 24.3. The van der Waals surface area contributed by atoms with Crippen molar-refractivity contribution in [1.82, 2.24) is 10.2 Å². The molecular formula is C24H31ClN2O2S. The first-order valence-electron chi connectivity index (χ1n) is 10.4. The minimum atomic E-state index is -0.467. The summed E-state index contributed by atoms with van der Waals surface area (Å²) < 4.78 is 0. The summed E-state index contributed by atoms with van der Waals surface area (Å²) in [7, 11) is 0. The lowest BCUT2D eigenvalue weighted by Gasteiger charge is -2.31. The number of thioether (sulfide) groups is 1. The van der Waals surface area contributed by atoms with Gasteiger partial charge in [-0.15, -0.1) is 11.8 Å². The molecule has 2 aromatic carbocycles. The van der Waals surface area contributed by atoms with Crippen LogP contribution in [0.4, 0.5) is 0 Å². The van der Waals surface area contributed by atoms with Crippen LogP contribution in [0.2, 0.25) is 5.02 Å². The molecule has 0 unspecified atom stereocenters. The van der Waals surface area contributed by atoms with Crippen molar-refractivity contribution >= 4 is 35.2 Å². The molecule has 2 amide bonds. The van der Waals surface area contributed by atoms with Crippen LogP contribution in [0, 0.1) is 5.92 Å². The Morgan fingerprint density at radius 3 is 2.33 bits per heavy atom. The van der Waals surface area contributed by atoms with Crippen LogP contribution in [-0.4, -0.2) is 41.6 Å². The van der Waals surface area contributed by atoms with Crippen molar-refractivity contribution in [2.75, 3.05) is 18.8 Å². The van der Waals surface area contributed by atoms with Gasteiger partial charge in [0.05, 0.1) is 5.75 Å². The standard InChI is InChI=1S/C24H31ClN2O2S/c1-4-22(24(29)26-16-18(2)3)27(15-14-19-8-6-5-7-9-19)23(28)17-30-21-12-10-20(25)11-13-21/h5-13,18,22H,4,14-17H2,1-3H3,(H,26,29)/t22-/m1/s1. The first-order chi connectivity index (χ1) is 14.4. The number of nitrogens with one attached hydrogen (secondary N) is 1. The van der Waals surface area contributed by atoms with Crippen molar-refractivity contribution in [1.29, 1.82) is 0 Å². The summed E-state index contributed by atoms with van der Waals surface area (Å²) in [5.74, 6) is 0.534. The molecule has 0 saturated heterocycles. The van der Waals surface area contributed by atoms with E-state index in [2.05, 4.69) is 19.2 Å². The van der Waals surface area contributed by atoms with E-state index in [9.17, 15) is 9.59 Å². The highest BCUT2D eigenvalue weighted by Crippen LogP contribution is 2.21. The summed E-state index contributed by atoms with van der Waals surface area (Å²) >= 11 is 7.41. The van der Waals surface area contributed by atoms with Crippen LogP contribution in [0.15, 0.2) is 59.5 Å². The third-order valence-corrected chi connectivity index (χ3v) is 5.98. The normalized spacial score (nSPS) is 11.9. The number of benzene rings is 2. The van der Waals surface area contributed by atoms with Crippen LogP contribution in [0.1, 0.15) is 32.8 Å². The Hall–Kier alpha value is -1.98. The largest absolute Gasteiger partial charge is 0.354 e. The molecule has 4 nitrogen and oxygen atoms in total. The average molecular weight is 447 g/mol. The Morgan fingerprint density at radius 1 is 1.07 bits per heavy atom. The Labute approximate surface area is 189 Å². The summed E-state index contributed by atoms with van der Waals surface area (Å²) in [5.41, 5.74) is 1.15. The molecule has 0 aliphatic heterocycles. The molecule has 2 rings (SSSR count). The molecule has 0 bridgehead atoms. The number of nitrogens with zero attached hydrogens (tertiary/aromatic N) is 1. The van der Waals surface area contributed by atoms with Gasteiger partial charge in [-0.2, -0.15) is 0 Å². The van der Waals surface area contributed by atoms with Crippen LogP contribution >= 0.6 is 23.4 Å². The second-order valence-corrected chi connectivity index (χ2v) is 9.11. The highest BCUT2D eigenvalue weighted by Gasteiger charge is 2.28. The van der Waals surface area contributed by atoms with Gasteiger partial charge in [-0.05, 0) is 48.6 Å². The van der Waals surface area contributed by atoms with Crippen LogP contribution in [-0.2, 0) is 16.0 Å². The van der Waals surface area contributed by atoms with Gasteiger partial charge in [0.2, 0.25) is 11.8 Å². The third-order valence-electron chi connectivity index (χ3n) is 4.73. The molecule has 0 radical (unpaired) electrons. The molecule has 0 aromatic heterocycles. The molecule has 30 heavy (non-hydrogen) atoms.